The van der Waals surface area contributed by atoms with Crippen molar-refractivity contribution in [3.8, 4) is 0 Å². The van der Waals surface area contributed by atoms with Gasteiger partial charge in [0.15, 0.2) is 11.6 Å². The average Bonchev–Trinajstić information content (AvgIpc) is 2.98. The first-order valence-electron chi connectivity index (χ1n) is 5.70. The molecule has 0 radical (unpaired) electrons. The van der Waals surface area contributed by atoms with Gasteiger partial charge in [0.2, 0.25) is 0 Å². The van der Waals surface area contributed by atoms with Crippen LogP contribution in [0.15, 0.2) is 22.6 Å². The number of aromatic amines is 1. The van der Waals surface area contributed by atoms with Gasteiger partial charge in [0, 0.05) is 11.8 Å². The molecule has 0 aliphatic carbocycles. The van der Waals surface area contributed by atoms with Crippen LogP contribution >= 0.6 is 0 Å². The van der Waals surface area contributed by atoms with Crippen molar-refractivity contribution in [1.29, 1.82) is 0 Å². The normalized spacial score (nSPS) is 10.4. The fourth-order valence-electron chi connectivity index (χ4n) is 1.55. The Hall–Kier alpha value is -2.64. The molecule has 2 heterocycles. The van der Waals surface area contributed by atoms with E-state index in [9.17, 15) is 14.9 Å². The summed E-state index contributed by atoms with van der Waals surface area (Å²) in [4.78, 5) is 21.5. The van der Waals surface area contributed by atoms with Crippen LogP contribution in [-0.4, -0.2) is 21.0 Å². The van der Waals surface area contributed by atoms with E-state index < -0.39 is 16.7 Å². The molecule has 2 N–H and O–H groups in total. The number of furan rings is 1. The summed E-state index contributed by atoms with van der Waals surface area (Å²) >= 11 is 0. The van der Waals surface area contributed by atoms with Crippen LogP contribution in [0.1, 0.15) is 29.6 Å². The van der Waals surface area contributed by atoms with Gasteiger partial charge in [-0.2, -0.15) is 5.10 Å². The molecule has 100 valence electrons. The van der Waals surface area contributed by atoms with Crippen LogP contribution in [0, 0.1) is 10.1 Å². The van der Waals surface area contributed by atoms with Crippen LogP contribution in [0.3, 0.4) is 0 Å². The predicted molar refractivity (Wildman–Crippen MR) is 65.9 cm³/mol. The minimum Gasteiger partial charge on any atom is -0.395 e. The molecule has 0 aliphatic rings. The van der Waals surface area contributed by atoms with Gasteiger partial charge in [-0.25, -0.2) is 0 Å². The summed E-state index contributed by atoms with van der Waals surface area (Å²) in [5, 5.41) is 19.6. The van der Waals surface area contributed by atoms with E-state index in [1.165, 1.54) is 6.07 Å². The van der Waals surface area contributed by atoms with E-state index >= 15 is 0 Å². The number of nitro groups is 1. The van der Waals surface area contributed by atoms with E-state index in [4.69, 9.17) is 4.42 Å². The SMILES string of the molecule is CCCc1cc(NC(=O)c2ccc([N+](=O)[O-])o2)n[nH]1. The number of carbonyl (C=O) groups excluding carboxylic acids is 1. The zero-order chi connectivity index (χ0) is 13.8. The van der Waals surface area contributed by atoms with Crippen LogP contribution in [0.4, 0.5) is 11.7 Å². The maximum atomic E-state index is 11.7. The number of rotatable bonds is 5. The summed E-state index contributed by atoms with van der Waals surface area (Å²) in [6.45, 7) is 2.03. The molecule has 1 amide bonds. The van der Waals surface area contributed by atoms with Gasteiger partial charge in [-0.05, 0) is 12.5 Å². The highest BCUT2D eigenvalue weighted by molar-refractivity contribution is 6.01. The topological polar surface area (TPSA) is 114 Å². The third kappa shape index (κ3) is 2.97. The molecular weight excluding hydrogens is 252 g/mol. The van der Waals surface area contributed by atoms with Crippen molar-refractivity contribution < 1.29 is 14.1 Å². The first-order valence-corrected chi connectivity index (χ1v) is 5.70. The molecule has 2 rings (SSSR count). The monoisotopic (exact) mass is 264 g/mol. The summed E-state index contributed by atoms with van der Waals surface area (Å²) in [5.41, 5.74) is 0.906. The van der Waals surface area contributed by atoms with E-state index in [2.05, 4.69) is 15.5 Å². The minimum atomic E-state index is -0.704. The number of aromatic nitrogens is 2. The van der Waals surface area contributed by atoms with Crippen molar-refractivity contribution in [3.63, 3.8) is 0 Å². The standard InChI is InChI=1S/C11H12N4O4/c1-2-3-7-6-9(14-13-7)12-11(16)8-4-5-10(19-8)15(17)18/h4-6H,2-3H2,1H3,(H2,12,13,14,16). The van der Waals surface area contributed by atoms with Crippen LogP contribution in [0.5, 0.6) is 0 Å². The predicted octanol–water partition coefficient (Wildman–Crippen LogP) is 2.12. The summed E-state index contributed by atoms with van der Waals surface area (Å²) in [5.74, 6) is -0.833. The maximum absolute atomic E-state index is 11.7. The molecule has 0 aromatic carbocycles. The Morgan fingerprint density at radius 1 is 1.58 bits per heavy atom. The highest BCUT2D eigenvalue weighted by Crippen LogP contribution is 2.17. The molecule has 8 heteroatoms. The molecule has 0 bridgehead atoms. The maximum Gasteiger partial charge on any atom is 0.433 e. The quantitative estimate of drug-likeness (QED) is 0.634. The average molecular weight is 264 g/mol. The van der Waals surface area contributed by atoms with Crippen molar-refractivity contribution >= 4 is 17.6 Å². The fourth-order valence-corrected chi connectivity index (χ4v) is 1.55. The van der Waals surface area contributed by atoms with Crippen molar-refractivity contribution in [3.05, 3.63) is 39.8 Å². The van der Waals surface area contributed by atoms with E-state index in [0.717, 1.165) is 24.6 Å². The number of anilines is 1. The van der Waals surface area contributed by atoms with Crippen LogP contribution in [0.25, 0.3) is 0 Å². The van der Waals surface area contributed by atoms with Gasteiger partial charge >= 0.3 is 5.88 Å². The van der Waals surface area contributed by atoms with Gasteiger partial charge in [0.05, 0.1) is 6.07 Å². The van der Waals surface area contributed by atoms with Crippen molar-refractivity contribution in [2.24, 2.45) is 0 Å². The Labute approximate surface area is 108 Å². The molecule has 2 aromatic heterocycles. The molecule has 2 aromatic rings. The number of aryl methyl sites for hydroxylation is 1. The second-order valence-corrected chi connectivity index (χ2v) is 3.88. The Bertz CT molecular complexity index is 601. The summed E-state index contributed by atoms with van der Waals surface area (Å²) in [6.07, 6.45) is 1.79. The molecular formula is C11H12N4O4. The van der Waals surface area contributed by atoms with E-state index in [1.54, 1.807) is 6.07 Å². The highest BCUT2D eigenvalue weighted by Gasteiger charge is 2.17. The molecule has 0 spiro atoms. The van der Waals surface area contributed by atoms with Crippen LogP contribution in [-0.2, 0) is 6.42 Å². The number of hydrogen-bond donors (Lipinski definition) is 2. The van der Waals surface area contributed by atoms with Gasteiger partial charge in [0.25, 0.3) is 5.91 Å². The fraction of sp³-hybridized carbons (Fsp3) is 0.273. The lowest BCUT2D eigenvalue weighted by Crippen LogP contribution is -2.11. The minimum absolute atomic E-state index is 0.133. The van der Waals surface area contributed by atoms with E-state index in [1.807, 2.05) is 6.92 Å². The zero-order valence-electron chi connectivity index (χ0n) is 10.2. The second-order valence-electron chi connectivity index (χ2n) is 3.88. The Kier molecular flexibility index (Phi) is 3.60. The van der Waals surface area contributed by atoms with Gasteiger partial charge in [-0.1, -0.05) is 13.3 Å². The second kappa shape index (κ2) is 5.34. The number of nitrogens with zero attached hydrogens (tertiary/aromatic N) is 2. The van der Waals surface area contributed by atoms with Crippen LogP contribution < -0.4 is 5.32 Å². The molecule has 0 saturated carbocycles. The van der Waals surface area contributed by atoms with Crippen LogP contribution in [0.2, 0.25) is 0 Å². The third-order valence-corrected chi connectivity index (χ3v) is 2.39. The lowest BCUT2D eigenvalue weighted by atomic mass is 10.2. The Morgan fingerprint density at radius 2 is 2.37 bits per heavy atom. The smallest absolute Gasteiger partial charge is 0.395 e. The molecule has 0 aliphatic heterocycles. The third-order valence-electron chi connectivity index (χ3n) is 2.39. The molecule has 8 nitrogen and oxygen atoms in total. The number of carbonyl (C=O) groups is 1. The van der Waals surface area contributed by atoms with Crippen molar-refractivity contribution in [2.45, 2.75) is 19.8 Å². The summed E-state index contributed by atoms with van der Waals surface area (Å²) < 4.78 is 4.78. The number of amides is 1. The highest BCUT2D eigenvalue weighted by atomic mass is 16.6. The van der Waals surface area contributed by atoms with Crippen molar-refractivity contribution in [1.82, 2.24) is 10.2 Å². The van der Waals surface area contributed by atoms with Crippen molar-refractivity contribution in [2.75, 3.05) is 5.32 Å². The first kappa shape index (κ1) is 12.8. The lowest BCUT2D eigenvalue weighted by molar-refractivity contribution is -0.402. The number of nitrogens with one attached hydrogen (secondary N) is 2. The zero-order valence-corrected chi connectivity index (χ0v) is 10.2. The lowest BCUT2D eigenvalue weighted by Gasteiger charge is -1.96. The summed E-state index contributed by atoms with van der Waals surface area (Å²) in [7, 11) is 0. The molecule has 19 heavy (non-hydrogen) atoms. The molecule has 0 unspecified atom stereocenters. The van der Waals surface area contributed by atoms with Gasteiger partial charge in [0.1, 0.15) is 4.92 Å². The Morgan fingerprint density at radius 3 is 3.00 bits per heavy atom. The first-order chi connectivity index (χ1) is 9.10. The largest absolute Gasteiger partial charge is 0.433 e. The Balaban J connectivity index is 2.04. The number of hydrogen-bond acceptors (Lipinski definition) is 5. The number of H-pyrrole nitrogens is 1. The molecule has 0 saturated heterocycles. The van der Waals surface area contributed by atoms with Gasteiger partial charge in [-0.3, -0.25) is 20.0 Å². The van der Waals surface area contributed by atoms with E-state index in [-0.39, 0.29) is 5.76 Å². The van der Waals surface area contributed by atoms with E-state index in [0.29, 0.717) is 5.82 Å². The molecule has 0 atom stereocenters. The summed E-state index contributed by atoms with van der Waals surface area (Å²) in [6, 6.07) is 4.08. The molecule has 0 fully saturated rings. The van der Waals surface area contributed by atoms with Gasteiger partial charge < -0.3 is 9.73 Å². The van der Waals surface area contributed by atoms with Gasteiger partial charge in [-0.15, -0.1) is 0 Å².